The minimum atomic E-state index is 0.332. The lowest BCUT2D eigenvalue weighted by Crippen LogP contribution is -2.21. The van der Waals surface area contributed by atoms with E-state index < -0.39 is 0 Å². The number of hydrogen-bond donors (Lipinski definition) is 2. The molecule has 0 amide bonds. The van der Waals surface area contributed by atoms with Crippen LogP contribution in [0.25, 0.3) is 0 Å². The van der Waals surface area contributed by atoms with Crippen LogP contribution in [-0.4, -0.2) is 19.1 Å². The monoisotopic (exact) mass is 234 g/mol. The van der Waals surface area contributed by atoms with Gasteiger partial charge < -0.3 is 11.1 Å². The Hall–Kier alpha value is -0.860. The number of aryl methyl sites for hydroxylation is 1. The summed E-state index contributed by atoms with van der Waals surface area (Å²) in [5.74, 6) is 0. The molecule has 3 N–H and O–H groups in total. The van der Waals surface area contributed by atoms with Crippen LogP contribution in [0.2, 0.25) is 0 Å². The SMILES string of the molecule is CCc1ccc(CCNCCCC(C)N)cc1. The molecule has 1 rings (SSSR count). The molecule has 0 aliphatic carbocycles. The van der Waals surface area contributed by atoms with Crippen LogP contribution in [0.3, 0.4) is 0 Å². The summed E-state index contributed by atoms with van der Waals surface area (Å²) in [5.41, 5.74) is 8.53. The molecule has 2 heteroatoms. The quantitative estimate of drug-likeness (QED) is 0.678. The maximum Gasteiger partial charge on any atom is 0.00109 e. The lowest BCUT2D eigenvalue weighted by atomic mass is 10.1. The zero-order valence-electron chi connectivity index (χ0n) is 11.2. The van der Waals surface area contributed by atoms with Gasteiger partial charge in [-0.25, -0.2) is 0 Å². The molecule has 0 fully saturated rings. The first-order chi connectivity index (χ1) is 8.22. The Morgan fingerprint density at radius 2 is 1.76 bits per heavy atom. The molecule has 96 valence electrons. The highest BCUT2D eigenvalue weighted by molar-refractivity contribution is 5.22. The lowest BCUT2D eigenvalue weighted by molar-refractivity contribution is 0.575. The molecule has 1 atom stereocenters. The highest BCUT2D eigenvalue weighted by Gasteiger charge is 1.95. The second-order valence-corrected chi connectivity index (χ2v) is 4.79. The van der Waals surface area contributed by atoms with E-state index in [-0.39, 0.29) is 0 Å². The molecule has 0 heterocycles. The van der Waals surface area contributed by atoms with Crippen LogP contribution >= 0.6 is 0 Å². The Morgan fingerprint density at radius 1 is 1.12 bits per heavy atom. The van der Waals surface area contributed by atoms with Crippen LogP contribution in [0.4, 0.5) is 0 Å². The summed E-state index contributed by atoms with van der Waals surface area (Å²) in [6, 6.07) is 9.26. The normalized spacial score (nSPS) is 12.6. The minimum absolute atomic E-state index is 0.332. The van der Waals surface area contributed by atoms with E-state index in [4.69, 9.17) is 5.73 Å². The number of benzene rings is 1. The van der Waals surface area contributed by atoms with Gasteiger partial charge in [0.15, 0.2) is 0 Å². The molecule has 0 bridgehead atoms. The zero-order chi connectivity index (χ0) is 12.5. The average molecular weight is 234 g/mol. The number of nitrogens with two attached hydrogens (primary N) is 1. The van der Waals surface area contributed by atoms with Crippen LogP contribution in [0.5, 0.6) is 0 Å². The third-order valence-electron chi connectivity index (χ3n) is 3.03. The molecule has 1 aromatic carbocycles. The van der Waals surface area contributed by atoms with Crippen molar-refractivity contribution in [2.75, 3.05) is 13.1 Å². The van der Waals surface area contributed by atoms with Crippen molar-refractivity contribution < 1.29 is 0 Å². The molecule has 0 aliphatic heterocycles. The zero-order valence-corrected chi connectivity index (χ0v) is 11.2. The Labute approximate surface area is 106 Å². The van der Waals surface area contributed by atoms with Gasteiger partial charge in [-0.15, -0.1) is 0 Å². The van der Waals surface area contributed by atoms with Crippen LogP contribution in [0, 0.1) is 0 Å². The first kappa shape index (κ1) is 14.2. The van der Waals surface area contributed by atoms with E-state index in [0.717, 1.165) is 32.4 Å². The van der Waals surface area contributed by atoms with E-state index in [1.54, 1.807) is 0 Å². The van der Waals surface area contributed by atoms with Gasteiger partial charge in [-0.3, -0.25) is 0 Å². The van der Waals surface area contributed by atoms with Crippen molar-refractivity contribution in [1.82, 2.24) is 5.32 Å². The van der Waals surface area contributed by atoms with E-state index in [1.807, 2.05) is 0 Å². The van der Waals surface area contributed by atoms with Crippen molar-refractivity contribution in [2.24, 2.45) is 5.73 Å². The fourth-order valence-electron chi connectivity index (χ4n) is 1.85. The molecule has 1 aromatic rings. The third kappa shape index (κ3) is 6.44. The van der Waals surface area contributed by atoms with Crippen LogP contribution < -0.4 is 11.1 Å². The van der Waals surface area contributed by atoms with Crippen LogP contribution in [-0.2, 0) is 12.8 Å². The fourth-order valence-corrected chi connectivity index (χ4v) is 1.85. The van der Waals surface area contributed by atoms with Gasteiger partial charge in [-0.1, -0.05) is 31.2 Å². The van der Waals surface area contributed by atoms with Gasteiger partial charge in [0.2, 0.25) is 0 Å². The summed E-state index contributed by atoms with van der Waals surface area (Å²) < 4.78 is 0. The maximum atomic E-state index is 5.70. The van der Waals surface area contributed by atoms with Gasteiger partial charge in [0.05, 0.1) is 0 Å². The molecule has 0 radical (unpaired) electrons. The number of rotatable bonds is 8. The smallest absolute Gasteiger partial charge is 0.00109 e. The van der Waals surface area contributed by atoms with Crippen molar-refractivity contribution >= 4 is 0 Å². The van der Waals surface area contributed by atoms with Gasteiger partial charge in [0.25, 0.3) is 0 Å². The summed E-state index contributed by atoms with van der Waals surface area (Å²) >= 11 is 0. The van der Waals surface area contributed by atoms with E-state index in [1.165, 1.54) is 17.5 Å². The molecule has 2 nitrogen and oxygen atoms in total. The van der Waals surface area contributed by atoms with Gasteiger partial charge in [-0.05, 0) is 56.8 Å². The van der Waals surface area contributed by atoms with Crippen molar-refractivity contribution in [1.29, 1.82) is 0 Å². The average Bonchev–Trinajstić information content (AvgIpc) is 2.34. The standard InChI is InChI=1S/C15H26N2/c1-3-14-6-8-15(9-7-14)10-12-17-11-4-5-13(2)16/h6-9,13,17H,3-5,10-12,16H2,1-2H3. The third-order valence-corrected chi connectivity index (χ3v) is 3.03. The van der Waals surface area contributed by atoms with E-state index in [0.29, 0.717) is 6.04 Å². The molecule has 0 spiro atoms. The molecule has 0 saturated heterocycles. The Kier molecular flexibility index (Phi) is 6.90. The molecule has 0 aliphatic rings. The molecule has 0 saturated carbocycles. The number of nitrogens with one attached hydrogen (secondary N) is 1. The predicted molar refractivity (Wildman–Crippen MR) is 75.3 cm³/mol. The Bertz CT molecular complexity index is 290. The van der Waals surface area contributed by atoms with Crippen molar-refractivity contribution in [3.63, 3.8) is 0 Å². The Morgan fingerprint density at radius 3 is 2.35 bits per heavy atom. The molecular formula is C15H26N2. The highest BCUT2D eigenvalue weighted by atomic mass is 14.8. The first-order valence-electron chi connectivity index (χ1n) is 6.76. The maximum absolute atomic E-state index is 5.70. The second kappa shape index (κ2) is 8.26. The van der Waals surface area contributed by atoms with Crippen molar-refractivity contribution in [3.05, 3.63) is 35.4 Å². The topological polar surface area (TPSA) is 38.0 Å². The number of hydrogen-bond acceptors (Lipinski definition) is 2. The van der Waals surface area contributed by atoms with Gasteiger partial charge in [0, 0.05) is 6.04 Å². The van der Waals surface area contributed by atoms with E-state index in [2.05, 4.69) is 43.4 Å². The molecule has 0 aromatic heterocycles. The van der Waals surface area contributed by atoms with Crippen molar-refractivity contribution in [3.8, 4) is 0 Å². The second-order valence-electron chi connectivity index (χ2n) is 4.79. The summed E-state index contributed by atoms with van der Waals surface area (Å²) in [6.45, 7) is 6.39. The van der Waals surface area contributed by atoms with Gasteiger partial charge in [0.1, 0.15) is 0 Å². The predicted octanol–water partition coefficient (Wildman–Crippen LogP) is 2.51. The first-order valence-corrected chi connectivity index (χ1v) is 6.76. The van der Waals surface area contributed by atoms with Gasteiger partial charge >= 0.3 is 0 Å². The Balaban J connectivity index is 2.09. The summed E-state index contributed by atoms with van der Waals surface area (Å²) in [5, 5.41) is 3.46. The lowest BCUT2D eigenvalue weighted by Gasteiger charge is -2.07. The van der Waals surface area contributed by atoms with Crippen LogP contribution in [0.1, 0.15) is 37.8 Å². The molecule has 17 heavy (non-hydrogen) atoms. The highest BCUT2D eigenvalue weighted by Crippen LogP contribution is 2.05. The van der Waals surface area contributed by atoms with Gasteiger partial charge in [-0.2, -0.15) is 0 Å². The fraction of sp³-hybridized carbons (Fsp3) is 0.600. The van der Waals surface area contributed by atoms with E-state index in [9.17, 15) is 0 Å². The van der Waals surface area contributed by atoms with E-state index >= 15 is 0 Å². The molecule has 1 unspecified atom stereocenters. The van der Waals surface area contributed by atoms with Crippen molar-refractivity contribution in [2.45, 2.75) is 45.6 Å². The summed E-state index contributed by atoms with van der Waals surface area (Å²) in [6.07, 6.45) is 4.52. The minimum Gasteiger partial charge on any atom is -0.328 e. The molecular weight excluding hydrogens is 208 g/mol. The summed E-state index contributed by atoms with van der Waals surface area (Å²) in [4.78, 5) is 0. The summed E-state index contributed by atoms with van der Waals surface area (Å²) in [7, 11) is 0. The van der Waals surface area contributed by atoms with Crippen LogP contribution in [0.15, 0.2) is 24.3 Å². The largest absolute Gasteiger partial charge is 0.328 e.